The third-order valence-electron chi connectivity index (χ3n) is 2.32. The molecule has 5 heteroatoms. The maximum atomic E-state index is 10.4. The standard InChI is InChI=1S/C11H18Cl2O3/c12-10(15)7-3-1-5-9(14)6-2-4-8-11(13)16/h9,14H,1-8H2. The fourth-order valence-corrected chi connectivity index (χ4v) is 1.70. The van der Waals surface area contributed by atoms with Gasteiger partial charge < -0.3 is 5.11 Å². The normalized spacial score (nSPS) is 10.8. The van der Waals surface area contributed by atoms with Gasteiger partial charge in [-0.15, -0.1) is 0 Å². The molecule has 0 aliphatic rings. The summed E-state index contributed by atoms with van der Waals surface area (Å²) in [6.07, 6.45) is 4.79. The minimum absolute atomic E-state index is 0.324. The molecule has 0 atom stereocenters. The average Bonchev–Trinajstić information content (AvgIpc) is 2.19. The highest BCUT2D eigenvalue weighted by atomic mass is 35.5. The van der Waals surface area contributed by atoms with E-state index in [0.29, 0.717) is 25.7 Å². The Morgan fingerprint density at radius 2 is 1.25 bits per heavy atom. The summed E-state index contributed by atoms with van der Waals surface area (Å²) < 4.78 is 0. The van der Waals surface area contributed by atoms with E-state index in [1.807, 2.05) is 0 Å². The Balaban J connectivity index is 3.27. The zero-order valence-corrected chi connectivity index (χ0v) is 10.8. The molecule has 0 heterocycles. The lowest BCUT2D eigenvalue weighted by atomic mass is 10.0. The minimum atomic E-state index is -0.351. The van der Waals surface area contributed by atoms with Crippen LogP contribution in [0.15, 0.2) is 0 Å². The van der Waals surface area contributed by atoms with Crippen molar-refractivity contribution in [1.29, 1.82) is 0 Å². The molecule has 0 rings (SSSR count). The summed E-state index contributed by atoms with van der Waals surface area (Å²) >= 11 is 10.4. The summed E-state index contributed by atoms with van der Waals surface area (Å²) in [5.74, 6) is 0. The van der Waals surface area contributed by atoms with Crippen molar-refractivity contribution in [2.24, 2.45) is 0 Å². The van der Waals surface area contributed by atoms with Gasteiger partial charge in [-0.2, -0.15) is 0 Å². The van der Waals surface area contributed by atoms with E-state index in [9.17, 15) is 14.7 Å². The van der Waals surface area contributed by atoms with Gasteiger partial charge >= 0.3 is 0 Å². The molecule has 0 saturated heterocycles. The Morgan fingerprint density at radius 1 is 0.875 bits per heavy atom. The maximum Gasteiger partial charge on any atom is 0.221 e. The van der Waals surface area contributed by atoms with Crippen molar-refractivity contribution in [2.45, 2.75) is 57.5 Å². The third kappa shape index (κ3) is 12.0. The Labute approximate surface area is 106 Å². The van der Waals surface area contributed by atoms with Gasteiger partial charge in [-0.3, -0.25) is 9.59 Å². The number of aliphatic hydroxyl groups excluding tert-OH is 1. The molecule has 0 aromatic heterocycles. The molecule has 0 amide bonds. The van der Waals surface area contributed by atoms with Crippen molar-refractivity contribution in [3.05, 3.63) is 0 Å². The molecule has 0 bridgehead atoms. The smallest absolute Gasteiger partial charge is 0.221 e. The minimum Gasteiger partial charge on any atom is -0.393 e. The van der Waals surface area contributed by atoms with Crippen LogP contribution in [0.5, 0.6) is 0 Å². The molecule has 3 nitrogen and oxygen atoms in total. The molecule has 0 saturated carbocycles. The summed E-state index contributed by atoms with van der Waals surface area (Å²) in [5, 5.41) is 8.90. The highest BCUT2D eigenvalue weighted by Gasteiger charge is 2.05. The van der Waals surface area contributed by atoms with Crippen LogP contribution >= 0.6 is 23.2 Å². The molecule has 16 heavy (non-hydrogen) atoms. The lowest BCUT2D eigenvalue weighted by Gasteiger charge is -2.09. The topological polar surface area (TPSA) is 54.4 Å². The van der Waals surface area contributed by atoms with Gasteiger partial charge in [0.05, 0.1) is 6.10 Å². The SMILES string of the molecule is O=C(Cl)CCCCC(O)CCCCC(=O)Cl. The van der Waals surface area contributed by atoms with Gasteiger partial charge in [0.2, 0.25) is 10.5 Å². The summed E-state index contributed by atoms with van der Waals surface area (Å²) in [4.78, 5) is 20.8. The van der Waals surface area contributed by atoms with Gasteiger partial charge in [0, 0.05) is 12.8 Å². The summed E-state index contributed by atoms with van der Waals surface area (Å²) in [5.41, 5.74) is 0. The zero-order valence-electron chi connectivity index (χ0n) is 9.25. The molecule has 0 aromatic rings. The number of carbonyl (C=O) groups is 2. The monoisotopic (exact) mass is 268 g/mol. The largest absolute Gasteiger partial charge is 0.393 e. The summed E-state index contributed by atoms with van der Waals surface area (Å²) in [6, 6.07) is 0. The van der Waals surface area contributed by atoms with Crippen LogP contribution in [-0.4, -0.2) is 21.7 Å². The van der Waals surface area contributed by atoms with Gasteiger partial charge in [0.25, 0.3) is 0 Å². The third-order valence-corrected chi connectivity index (χ3v) is 2.70. The fraction of sp³-hybridized carbons (Fsp3) is 0.818. The maximum absolute atomic E-state index is 10.4. The van der Waals surface area contributed by atoms with Crippen molar-refractivity contribution in [3.8, 4) is 0 Å². The lowest BCUT2D eigenvalue weighted by molar-refractivity contribution is -0.112. The van der Waals surface area contributed by atoms with Crippen LogP contribution in [0.1, 0.15) is 51.4 Å². The van der Waals surface area contributed by atoms with E-state index in [2.05, 4.69) is 0 Å². The van der Waals surface area contributed by atoms with Crippen LogP contribution < -0.4 is 0 Å². The van der Waals surface area contributed by atoms with E-state index in [4.69, 9.17) is 23.2 Å². The van der Waals surface area contributed by atoms with Gasteiger partial charge in [-0.25, -0.2) is 0 Å². The quantitative estimate of drug-likeness (QED) is 0.490. The van der Waals surface area contributed by atoms with Crippen molar-refractivity contribution >= 4 is 33.7 Å². The fourth-order valence-electron chi connectivity index (χ4n) is 1.43. The molecule has 94 valence electrons. The van der Waals surface area contributed by atoms with Crippen molar-refractivity contribution in [3.63, 3.8) is 0 Å². The Morgan fingerprint density at radius 3 is 1.56 bits per heavy atom. The first kappa shape index (κ1) is 15.9. The second kappa shape index (κ2) is 10.1. The van der Waals surface area contributed by atoms with Crippen molar-refractivity contribution < 1.29 is 14.7 Å². The molecule has 0 aliphatic carbocycles. The van der Waals surface area contributed by atoms with Crippen LogP contribution in [0.25, 0.3) is 0 Å². The highest BCUT2D eigenvalue weighted by molar-refractivity contribution is 6.63. The lowest BCUT2D eigenvalue weighted by Crippen LogP contribution is -2.06. The van der Waals surface area contributed by atoms with E-state index in [1.165, 1.54) is 0 Å². The molecule has 0 aromatic carbocycles. The molecular formula is C11H18Cl2O3. The number of unbranched alkanes of at least 4 members (excludes halogenated alkanes) is 2. The Bertz CT molecular complexity index is 197. The zero-order chi connectivity index (χ0) is 12.4. The molecule has 0 fully saturated rings. The van der Waals surface area contributed by atoms with Gasteiger partial charge in [-0.1, -0.05) is 12.8 Å². The van der Waals surface area contributed by atoms with Crippen molar-refractivity contribution in [1.82, 2.24) is 0 Å². The number of aliphatic hydroxyl groups is 1. The van der Waals surface area contributed by atoms with E-state index in [-0.39, 0.29) is 16.6 Å². The number of hydrogen-bond acceptors (Lipinski definition) is 3. The van der Waals surface area contributed by atoms with Gasteiger partial charge in [0.15, 0.2) is 0 Å². The Kier molecular flexibility index (Phi) is 9.99. The van der Waals surface area contributed by atoms with Crippen LogP contribution in [0.2, 0.25) is 0 Å². The molecular weight excluding hydrogens is 251 g/mol. The molecule has 0 aliphatic heterocycles. The number of halogens is 2. The number of rotatable bonds is 10. The van der Waals surface area contributed by atoms with E-state index in [1.54, 1.807) is 0 Å². The van der Waals surface area contributed by atoms with Crippen LogP contribution in [0, 0.1) is 0 Å². The molecule has 0 radical (unpaired) electrons. The van der Waals surface area contributed by atoms with E-state index >= 15 is 0 Å². The molecule has 0 unspecified atom stereocenters. The van der Waals surface area contributed by atoms with E-state index < -0.39 is 0 Å². The van der Waals surface area contributed by atoms with Crippen molar-refractivity contribution in [2.75, 3.05) is 0 Å². The second-order valence-corrected chi connectivity index (χ2v) is 4.70. The summed E-state index contributed by atoms with van der Waals surface area (Å²) in [7, 11) is 0. The number of carbonyl (C=O) groups excluding carboxylic acids is 2. The van der Waals surface area contributed by atoms with Gasteiger partial charge in [-0.05, 0) is 48.9 Å². The van der Waals surface area contributed by atoms with Crippen LogP contribution in [0.3, 0.4) is 0 Å². The Hall–Kier alpha value is -0.120. The van der Waals surface area contributed by atoms with E-state index in [0.717, 1.165) is 25.7 Å². The van der Waals surface area contributed by atoms with Crippen LogP contribution in [0.4, 0.5) is 0 Å². The van der Waals surface area contributed by atoms with Crippen LogP contribution in [-0.2, 0) is 9.59 Å². The molecule has 1 N–H and O–H groups in total. The van der Waals surface area contributed by atoms with Gasteiger partial charge in [0.1, 0.15) is 0 Å². The first-order valence-electron chi connectivity index (χ1n) is 5.57. The average molecular weight is 269 g/mol. The summed E-state index contributed by atoms with van der Waals surface area (Å²) in [6.45, 7) is 0. The number of hydrogen-bond donors (Lipinski definition) is 1. The first-order chi connectivity index (χ1) is 7.52. The first-order valence-corrected chi connectivity index (χ1v) is 6.32. The second-order valence-electron chi connectivity index (χ2n) is 3.86. The predicted molar refractivity (Wildman–Crippen MR) is 64.7 cm³/mol. The molecule has 0 spiro atoms. The highest BCUT2D eigenvalue weighted by Crippen LogP contribution is 2.11. The predicted octanol–water partition coefficient (Wildman–Crippen LogP) is 3.00.